The summed E-state index contributed by atoms with van der Waals surface area (Å²) in [7, 11) is 0. The molecule has 19 heavy (non-hydrogen) atoms. The summed E-state index contributed by atoms with van der Waals surface area (Å²) in [5.41, 5.74) is 1.35. The van der Waals surface area contributed by atoms with Crippen molar-refractivity contribution in [1.29, 1.82) is 0 Å². The first-order valence-electron chi connectivity index (χ1n) is 7.31. The van der Waals surface area contributed by atoms with Crippen LogP contribution in [-0.4, -0.2) is 32.4 Å². The Morgan fingerprint density at radius 3 is 3.00 bits per heavy atom. The average molecular weight is 263 g/mol. The number of rotatable bonds is 8. The standard InChI is InChI=1S/C16H25NO2/c1-13(2)18-10-6-5-9-17-11-14-12-19-16-8-4-3-7-15(14)16/h3-4,7-8,13-14,17H,5-6,9-12H2,1-2H3. The molecule has 1 atom stereocenters. The van der Waals surface area contributed by atoms with Gasteiger partial charge >= 0.3 is 0 Å². The minimum Gasteiger partial charge on any atom is -0.493 e. The van der Waals surface area contributed by atoms with Gasteiger partial charge in [-0.25, -0.2) is 0 Å². The van der Waals surface area contributed by atoms with Gasteiger partial charge in [0.15, 0.2) is 0 Å². The van der Waals surface area contributed by atoms with Crippen LogP contribution in [0.4, 0.5) is 0 Å². The molecule has 0 aliphatic carbocycles. The van der Waals surface area contributed by atoms with Gasteiger partial charge in [-0.15, -0.1) is 0 Å². The minimum absolute atomic E-state index is 0.347. The zero-order chi connectivity index (χ0) is 13.5. The molecule has 0 amide bonds. The fraction of sp³-hybridized carbons (Fsp3) is 0.625. The smallest absolute Gasteiger partial charge is 0.122 e. The molecular formula is C16H25NO2. The first-order valence-corrected chi connectivity index (χ1v) is 7.31. The third kappa shape index (κ3) is 4.51. The number of ether oxygens (including phenoxy) is 2. The van der Waals surface area contributed by atoms with E-state index in [-0.39, 0.29) is 0 Å². The number of para-hydroxylation sites is 1. The molecule has 1 aliphatic heterocycles. The zero-order valence-electron chi connectivity index (χ0n) is 12.0. The molecular weight excluding hydrogens is 238 g/mol. The molecule has 1 heterocycles. The molecule has 3 nitrogen and oxygen atoms in total. The van der Waals surface area contributed by atoms with E-state index in [1.165, 1.54) is 12.0 Å². The first-order chi connectivity index (χ1) is 9.27. The van der Waals surface area contributed by atoms with Gasteiger partial charge in [0.25, 0.3) is 0 Å². The van der Waals surface area contributed by atoms with E-state index in [1.54, 1.807) is 0 Å². The van der Waals surface area contributed by atoms with Crippen molar-refractivity contribution in [1.82, 2.24) is 5.32 Å². The predicted molar refractivity (Wildman–Crippen MR) is 77.9 cm³/mol. The van der Waals surface area contributed by atoms with E-state index in [4.69, 9.17) is 9.47 Å². The monoisotopic (exact) mass is 263 g/mol. The minimum atomic E-state index is 0.347. The van der Waals surface area contributed by atoms with Gasteiger partial charge in [0.2, 0.25) is 0 Å². The van der Waals surface area contributed by atoms with Gasteiger partial charge in [0.05, 0.1) is 12.7 Å². The number of hydrogen-bond donors (Lipinski definition) is 1. The number of fused-ring (bicyclic) bond motifs is 1. The topological polar surface area (TPSA) is 30.5 Å². The average Bonchev–Trinajstić information content (AvgIpc) is 2.81. The maximum Gasteiger partial charge on any atom is 0.122 e. The molecule has 0 bridgehead atoms. The second-order valence-electron chi connectivity index (χ2n) is 5.38. The van der Waals surface area contributed by atoms with E-state index in [1.807, 2.05) is 6.07 Å². The molecule has 3 heteroatoms. The van der Waals surface area contributed by atoms with Crippen LogP contribution in [0.5, 0.6) is 5.75 Å². The Kier molecular flexibility index (Phi) is 5.67. The van der Waals surface area contributed by atoms with Crippen molar-refractivity contribution in [3.8, 4) is 5.75 Å². The molecule has 0 aromatic heterocycles. The highest BCUT2D eigenvalue weighted by Gasteiger charge is 2.22. The molecule has 0 saturated heterocycles. The van der Waals surface area contributed by atoms with Crippen molar-refractivity contribution in [2.75, 3.05) is 26.3 Å². The van der Waals surface area contributed by atoms with Crippen LogP contribution in [0, 0.1) is 0 Å². The number of unbranched alkanes of at least 4 members (excludes halogenated alkanes) is 1. The van der Waals surface area contributed by atoms with Gasteiger partial charge in [-0.3, -0.25) is 0 Å². The van der Waals surface area contributed by atoms with Crippen LogP contribution >= 0.6 is 0 Å². The van der Waals surface area contributed by atoms with Crippen LogP contribution in [0.3, 0.4) is 0 Å². The third-order valence-electron chi connectivity index (χ3n) is 3.39. The van der Waals surface area contributed by atoms with Gasteiger partial charge in [0.1, 0.15) is 5.75 Å². The van der Waals surface area contributed by atoms with E-state index in [0.717, 1.165) is 38.5 Å². The number of nitrogens with one attached hydrogen (secondary N) is 1. The normalized spacial score (nSPS) is 17.5. The lowest BCUT2D eigenvalue weighted by Gasteiger charge is -2.11. The van der Waals surface area contributed by atoms with Crippen LogP contribution in [-0.2, 0) is 4.74 Å². The molecule has 0 radical (unpaired) electrons. The Balaban J connectivity index is 1.57. The molecule has 0 spiro atoms. The maximum absolute atomic E-state index is 5.67. The Bertz CT molecular complexity index is 379. The first kappa shape index (κ1) is 14.4. The van der Waals surface area contributed by atoms with E-state index in [2.05, 4.69) is 37.4 Å². The van der Waals surface area contributed by atoms with Crippen molar-refractivity contribution in [3.05, 3.63) is 29.8 Å². The van der Waals surface area contributed by atoms with E-state index in [9.17, 15) is 0 Å². The Morgan fingerprint density at radius 1 is 1.32 bits per heavy atom. The van der Waals surface area contributed by atoms with Crippen LogP contribution in [0.25, 0.3) is 0 Å². The highest BCUT2D eigenvalue weighted by Crippen LogP contribution is 2.32. The molecule has 1 aromatic rings. The summed E-state index contributed by atoms with van der Waals surface area (Å²) in [6, 6.07) is 8.34. The van der Waals surface area contributed by atoms with E-state index < -0.39 is 0 Å². The van der Waals surface area contributed by atoms with E-state index >= 15 is 0 Å². The lowest BCUT2D eigenvalue weighted by atomic mass is 10.0. The summed E-state index contributed by atoms with van der Waals surface area (Å²) in [5.74, 6) is 1.56. The molecule has 1 unspecified atom stereocenters. The number of hydrogen-bond acceptors (Lipinski definition) is 3. The Morgan fingerprint density at radius 2 is 2.16 bits per heavy atom. The SMILES string of the molecule is CC(C)OCCCCNCC1COc2ccccc21. The second-order valence-corrected chi connectivity index (χ2v) is 5.38. The molecule has 1 N–H and O–H groups in total. The molecule has 0 saturated carbocycles. The lowest BCUT2D eigenvalue weighted by molar-refractivity contribution is 0.0760. The third-order valence-corrected chi connectivity index (χ3v) is 3.39. The van der Waals surface area contributed by atoms with Gasteiger partial charge in [-0.05, 0) is 39.3 Å². The fourth-order valence-electron chi connectivity index (χ4n) is 2.35. The number of benzene rings is 1. The highest BCUT2D eigenvalue weighted by atomic mass is 16.5. The Labute approximate surface area is 116 Å². The van der Waals surface area contributed by atoms with E-state index in [0.29, 0.717) is 12.0 Å². The Hall–Kier alpha value is -1.06. The summed E-state index contributed by atoms with van der Waals surface area (Å²) in [6.45, 7) is 7.89. The molecule has 0 fully saturated rings. The van der Waals surface area contributed by atoms with Crippen LogP contribution in [0.15, 0.2) is 24.3 Å². The summed E-state index contributed by atoms with van der Waals surface area (Å²) in [6.07, 6.45) is 2.64. The van der Waals surface area contributed by atoms with Crippen molar-refractivity contribution in [2.45, 2.75) is 38.7 Å². The molecule has 106 valence electrons. The fourth-order valence-corrected chi connectivity index (χ4v) is 2.35. The maximum atomic E-state index is 5.67. The quantitative estimate of drug-likeness (QED) is 0.731. The van der Waals surface area contributed by atoms with Crippen LogP contribution < -0.4 is 10.1 Å². The summed E-state index contributed by atoms with van der Waals surface area (Å²) >= 11 is 0. The molecule has 1 aromatic carbocycles. The van der Waals surface area contributed by atoms with Crippen molar-refractivity contribution in [2.24, 2.45) is 0 Å². The van der Waals surface area contributed by atoms with Gasteiger partial charge < -0.3 is 14.8 Å². The molecule has 1 aliphatic rings. The van der Waals surface area contributed by atoms with Crippen molar-refractivity contribution >= 4 is 0 Å². The summed E-state index contributed by atoms with van der Waals surface area (Å²) in [4.78, 5) is 0. The van der Waals surface area contributed by atoms with Gasteiger partial charge in [-0.1, -0.05) is 18.2 Å². The summed E-state index contributed by atoms with van der Waals surface area (Å²) in [5, 5.41) is 3.52. The zero-order valence-corrected chi connectivity index (χ0v) is 12.0. The lowest BCUT2D eigenvalue weighted by Crippen LogP contribution is -2.23. The largest absolute Gasteiger partial charge is 0.493 e. The second kappa shape index (κ2) is 7.51. The predicted octanol–water partition coefficient (Wildman–Crippen LogP) is 2.96. The van der Waals surface area contributed by atoms with Gasteiger partial charge in [0, 0.05) is 24.6 Å². The van der Waals surface area contributed by atoms with Crippen molar-refractivity contribution in [3.63, 3.8) is 0 Å². The molecule has 2 rings (SSSR count). The van der Waals surface area contributed by atoms with Crippen LogP contribution in [0.1, 0.15) is 38.2 Å². The summed E-state index contributed by atoms with van der Waals surface area (Å²) < 4.78 is 11.2. The van der Waals surface area contributed by atoms with Gasteiger partial charge in [-0.2, -0.15) is 0 Å². The highest BCUT2D eigenvalue weighted by molar-refractivity contribution is 5.39. The van der Waals surface area contributed by atoms with Crippen molar-refractivity contribution < 1.29 is 9.47 Å². The van der Waals surface area contributed by atoms with Crippen LogP contribution in [0.2, 0.25) is 0 Å².